The van der Waals surface area contributed by atoms with Crippen LogP contribution in [-0.4, -0.2) is 22.2 Å². The zero-order valence-corrected chi connectivity index (χ0v) is 8.77. The summed E-state index contributed by atoms with van der Waals surface area (Å²) in [4.78, 5) is 11.6. The van der Waals surface area contributed by atoms with Crippen LogP contribution >= 0.6 is 0 Å². The molecule has 0 aromatic heterocycles. The summed E-state index contributed by atoms with van der Waals surface area (Å²) in [5, 5.41) is 29.4. The van der Waals surface area contributed by atoms with Gasteiger partial charge in [0, 0.05) is 17.7 Å². The molecule has 0 heterocycles. The predicted octanol–water partition coefficient (Wildman–Crippen LogP) is 1.13. The Hall–Kier alpha value is -2.22. The number of amides is 1. The van der Waals surface area contributed by atoms with Crippen molar-refractivity contribution in [2.45, 2.75) is 19.4 Å². The number of phenolic OH excluding ortho intramolecular Hbond substituents is 2. The van der Waals surface area contributed by atoms with Crippen LogP contribution in [0, 0.1) is 11.3 Å². The third kappa shape index (κ3) is 3.17. The molecule has 0 aliphatic rings. The lowest BCUT2D eigenvalue weighted by Crippen LogP contribution is -2.32. The summed E-state index contributed by atoms with van der Waals surface area (Å²) >= 11 is 0. The molecule has 0 saturated carbocycles. The van der Waals surface area contributed by atoms with Crippen LogP contribution in [0.5, 0.6) is 11.5 Å². The summed E-state index contributed by atoms with van der Waals surface area (Å²) in [6.07, 6.45) is 0.205. The molecule has 1 amide bonds. The van der Waals surface area contributed by atoms with Crippen molar-refractivity contribution >= 4 is 5.91 Å². The number of benzene rings is 1. The highest BCUT2D eigenvalue weighted by molar-refractivity contribution is 5.95. The van der Waals surface area contributed by atoms with E-state index in [4.69, 9.17) is 5.26 Å². The molecule has 1 rings (SSSR count). The summed E-state index contributed by atoms with van der Waals surface area (Å²) < 4.78 is 0. The number of aromatic hydroxyl groups is 2. The van der Waals surface area contributed by atoms with Gasteiger partial charge in [-0.2, -0.15) is 5.26 Å². The van der Waals surface area contributed by atoms with Crippen LogP contribution in [-0.2, 0) is 0 Å². The molecule has 0 saturated heterocycles. The van der Waals surface area contributed by atoms with Gasteiger partial charge in [0.15, 0.2) is 0 Å². The average Bonchev–Trinajstić information content (AvgIpc) is 2.16. The lowest BCUT2D eigenvalue weighted by atomic mass is 10.1. The fraction of sp³-hybridized carbons (Fsp3) is 0.273. The first kappa shape index (κ1) is 11.9. The molecule has 5 heteroatoms. The molecule has 0 bridgehead atoms. The summed E-state index contributed by atoms with van der Waals surface area (Å²) in [5.74, 6) is -0.801. The molecule has 0 fully saturated rings. The third-order valence-corrected chi connectivity index (χ3v) is 1.94. The molecule has 0 radical (unpaired) electrons. The highest BCUT2D eigenvalue weighted by atomic mass is 16.3. The average molecular weight is 220 g/mol. The Morgan fingerprint density at radius 1 is 1.44 bits per heavy atom. The Bertz CT molecular complexity index is 417. The molecule has 0 aliphatic carbocycles. The fourth-order valence-corrected chi connectivity index (χ4v) is 1.22. The normalized spacial score (nSPS) is 11.5. The van der Waals surface area contributed by atoms with E-state index in [1.165, 1.54) is 12.1 Å². The van der Waals surface area contributed by atoms with Gasteiger partial charge < -0.3 is 15.5 Å². The van der Waals surface area contributed by atoms with E-state index in [2.05, 4.69) is 5.32 Å². The minimum absolute atomic E-state index is 0.155. The zero-order valence-electron chi connectivity index (χ0n) is 8.77. The monoisotopic (exact) mass is 220 g/mol. The minimum Gasteiger partial charge on any atom is -0.508 e. The van der Waals surface area contributed by atoms with E-state index < -0.39 is 5.91 Å². The molecule has 16 heavy (non-hydrogen) atoms. The Morgan fingerprint density at radius 2 is 2.00 bits per heavy atom. The highest BCUT2D eigenvalue weighted by Gasteiger charge is 2.11. The summed E-state index contributed by atoms with van der Waals surface area (Å²) in [6.45, 7) is 1.70. The Labute approximate surface area is 92.9 Å². The number of hydrogen-bond donors (Lipinski definition) is 3. The van der Waals surface area contributed by atoms with Gasteiger partial charge in [-0.25, -0.2) is 0 Å². The number of phenols is 2. The van der Waals surface area contributed by atoms with E-state index in [0.29, 0.717) is 0 Å². The molecule has 84 valence electrons. The lowest BCUT2D eigenvalue weighted by molar-refractivity contribution is 0.0940. The fourth-order valence-electron chi connectivity index (χ4n) is 1.22. The molecule has 1 aromatic carbocycles. The van der Waals surface area contributed by atoms with E-state index >= 15 is 0 Å². The molecular formula is C11H12N2O3. The molecule has 1 unspecified atom stereocenters. The maximum Gasteiger partial charge on any atom is 0.251 e. The van der Waals surface area contributed by atoms with Crippen molar-refractivity contribution in [3.63, 3.8) is 0 Å². The maximum absolute atomic E-state index is 11.6. The van der Waals surface area contributed by atoms with Crippen molar-refractivity contribution in [3.8, 4) is 17.6 Å². The molecule has 1 atom stereocenters. The second-order valence-corrected chi connectivity index (χ2v) is 3.47. The molecule has 0 spiro atoms. The van der Waals surface area contributed by atoms with Crippen molar-refractivity contribution < 1.29 is 15.0 Å². The smallest absolute Gasteiger partial charge is 0.251 e. The van der Waals surface area contributed by atoms with Crippen molar-refractivity contribution in [3.05, 3.63) is 23.8 Å². The minimum atomic E-state index is -0.436. The highest BCUT2D eigenvalue weighted by Crippen LogP contribution is 2.20. The summed E-state index contributed by atoms with van der Waals surface area (Å²) in [7, 11) is 0. The van der Waals surface area contributed by atoms with Gasteiger partial charge >= 0.3 is 0 Å². The molecule has 3 N–H and O–H groups in total. The van der Waals surface area contributed by atoms with Gasteiger partial charge in [-0.05, 0) is 19.1 Å². The summed E-state index contributed by atoms with van der Waals surface area (Å²) in [6, 6.07) is 5.28. The van der Waals surface area contributed by atoms with Crippen molar-refractivity contribution in [2.75, 3.05) is 0 Å². The Balaban J connectivity index is 2.77. The van der Waals surface area contributed by atoms with Crippen LogP contribution in [0.2, 0.25) is 0 Å². The molecule has 5 nitrogen and oxygen atoms in total. The number of carbonyl (C=O) groups excluding carboxylic acids is 1. The van der Waals surface area contributed by atoms with Crippen molar-refractivity contribution in [2.24, 2.45) is 0 Å². The van der Waals surface area contributed by atoms with Crippen LogP contribution in [0.25, 0.3) is 0 Å². The Morgan fingerprint density at radius 3 is 2.50 bits per heavy atom. The van der Waals surface area contributed by atoms with Gasteiger partial charge in [-0.15, -0.1) is 0 Å². The lowest BCUT2D eigenvalue weighted by Gasteiger charge is -2.10. The van der Waals surface area contributed by atoms with Crippen molar-refractivity contribution in [1.82, 2.24) is 5.32 Å². The number of nitrogens with one attached hydrogen (secondary N) is 1. The van der Waals surface area contributed by atoms with Gasteiger partial charge in [0.1, 0.15) is 11.5 Å². The van der Waals surface area contributed by atoms with Crippen LogP contribution in [0.3, 0.4) is 0 Å². The van der Waals surface area contributed by atoms with Crippen LogP contribution < -0.4 is 5.32 Å². The number of hydrogen-bond acceptors (Lipinski definition) is 4. The number of nitriles is 1. The van der Waals surface area contributed by atoms with E-state index in [1.807, 2.05) is 6.07 Å². The topological polar surface area (TPSA) is 93.4 Å². The van der Waals surface area contributed by atoms with Gasteiger partial charge in [0.05, 0.1) is 12.5 Å². The second kappa shape index (κ2) is 5.03. The SMILES string of the molecule is CC(CC#N)NC(=O)c1cc(O)cc(O)c1. The van der Waals surface area contributed by atoms with Gasteiger partial charge in [-0.1, -0.05) is 0 Å². The third-order valence-electron chi connectivity index (χ3n) is 1.94. The van der Waals surface area contributed by atoms with E-state index in [1.54, 1.807) is 6.92 Å². The number of carbonyl (C=O) groups is 1. The first-order valence-corrected chi connectivity index (χ1v) is 4.73. The van der Waals surface area contributed by atoms with E-state index in [0.717, 1.165) is 6.07 Å². The molecular weight excluding hydrogens is 208 g/mol. The maximum atomic E-state index is 11.6. The second-order valence-electron chi connectivity index (χ2n) is 3.47. The Kier molecular flexibility index (Phi) is 3.72. The summed E-state index contributed by atoms with van der Waals surface area (Å²) in [5.41, 5.74) is 0.155. The first-order valence-electron chi connectivity index (χ1n) is 4.73. The van der Waals surface area contributed by atoms with Gasteiger partial charge in [0.25, 0.3) is 5.91 Å². The number of nitrogens with zero attached hydrogens (tertiary/aromatic N) is 1. The quantitative estimate of drug-likeness (QED) is 0.711. The van der Waals surface area contributed by atoms with Gasteiger partial charge in [-0.3, -0.25) is 4.79 Å². The largest absolute Gasteiger partial charge is 0.508 e. The van der Waals surface area contributed by atoms with Crippen LogP contribution in [0.15, 0.2) is 18.2 Å². The van der Waals surface area contributed by atoms with Crippen LogP contribution in [0.4, 0.5) is 0 Å². The first-order chi connectivity index (χ1) is 7.52. The zero-order chi connectivity index (χ0) is 12.1. The standard InChI is InChI=1S/C11H12N2O3/c1-7(2-3-12)13-11(16)8-4-9(14)6-10(15)5-8/h4-7,14-15H,2H2,1H3,(H,13,16). The van der Waals surface area contributed by atoms with Crippen molar-refractivity contribution in [1.29, 1.82) is 5.26 Å². The van der Waals surface area contributed by atoms with E-state index in [9.17, 15) is 15.0 Å². The molecule has 0 aliphatic heterocycles. The molecule has 1 aromatic rings. The number of rotatable bonds is 3. The van der Waals surface area contributed by atoms with E-state index in [-0.39, 0.29) is 29.5 Å². The van der Waals surface area contributed by atoms with Crippen LogP contribution in [0.1, 0.15) is 23.7 Å². The predicted molar refractivity (Wildman–Crippen MR) is 56.9 cm³/mol. The van der Waals surface area contributed by atoms with Gasteiger partial charge in [0.2, 0.25) is 0 Å².